The topological polar surface area (TPSA) is 81.9 Å². The van der Waals surface area contributed by atoms with Crippen LogP contribution in [0, 0.1) is 6.92 Å². The lowest BCUT2D eigenvalue weighted by atomic mass is 10.2. The number of aryl methyl sites for hydroxylation is 1. The Bertz CT molecular complexity index is 799. The number of anilines is 1. The minimum absolute atomic E-state index is 0.0970. The van der Waals surface area contributed by atoms with E-state index >= 15 is 0 Å². The van der Waals surface area contributed by atoms with E-state index in [1.54, 1.807) is 23.4 Å². The molecule has 0 saturated carbocycles. The zero-order chi connectivity index (χ0) is 16.8. The van der Waals surface area contributed by atoms with Crippen LogP contribution in [0.4, 0.5) is 5.95 Å². The van der Waals surface area contributed by atoms with Gasteiger partial charge in [-0.15, -0.1) is 5.10 Å². The highest BCUT2D eigenvalue weighted by Gasteiger charge is 2.08. The van der Waals surface area contributed by atoms with Crippen molar-refractivity contribution in [3.05, 3.63) is 66.2 Å². The van der Waals surface area contributed by atoms with E-state index in [0.29, 0.717) is 12.3 Å². The molecule has 0 spiro atoms. The SMILES string of the molecule is Cc1ccc(OCC(=O)Nc2ncn(Cc3cccnc3)n2)cc1. The second-order valence-corrected chi connectivity index (χ2v) is 5.28. The third kappa shape index (κ3) is 4.39. The summed E-state index contributed by atoms with van der Waals surface area (Å²) in [4.78, 5) is 20.0. The van der Waals surface area contributed by atoms with E-state index < -0.39 is 0 Å². The normalized spacial score (nSPS) is 10.4. The van der Waals surface area contributed by atoms with Crippen molar-refractivity contribution in [3.63, 3.8) is 0 Å². The summed E-state index contributed by atoms with van der Waals surface area (Å²) >= 11 is 0. The molecule has 0 fully saturated rings. The molecule has 0 aliphatic rings. The van der Waals surface area contributed by atoms with E-state index in [-0.39, 0.29) is 18.5 Å². The zero-order valence-corrected chi connectivity index (χ0v) is 13.2. The van der Waals surface area contributed by atoms with Crippen molar-refractivity contribution >= 4 is 11.9 Å². The molecule has 0 aliphatic carbocycles. The molecule has 122 valence electrons. The minimum Gasteiger partial charge on any atom is -0.484 e. The summed E-state index contributed by atoms with van der Waals surface area (Å²) in [5.41, 5.74) is 2.14. The number of rotatable bonds is 6. The number of amides is 1. The highest BCUT2D eigenvalue weighted by molar-refractivity contribution is 5.90. The van der Waals surface area contributed by atoms with E-state index in [1.807, 2.05) is 43.3 Å². The molecule has 24 heavy (non-hydrogen) atoms. The molecular formula is C17H17N5O2. The molecule has 1 N–H and O–H groups in total. The van der Waals surface area contributed by atoms with Crippen LogP contribution in [0.2, 0.25) is 0 Å². The third-order valence-corrected chi connectivity index (χ3v) is 3.25. The molecule has 0 saturated heterocycles. The summed E-state index contributed by atoms with van der Waals surface area (Å²) in [6, 6.07) is 11.3. The van der Waals surface area contributed by atoms with Gasteiger partial charge in [0, 0.05) is 12.4 Å². The standard InChI is InChI=1S/C17H17N5O2/c1-13-4-6-15(7-5-13)24-11-16(23)20-17-19-12-22(21-17)10-14-3-2-8-18-9-14/h2-9,12H,10-11H2,1H3,(H,20,21,23). The number of nitrogens with one attached hydrogen (secondary N) is 1. The molecule has 0 unspecified atom stereocenters. The number of aromatic nitrogens is 4. The summed E-state index contributed by atoms with van der Waals surface area (Å²) in [5.74, 6) is 0.580. The van der Waals surface area contributed by atoms with Crippen molar-refractivity contribution in [2.24, 2.45) is 0 Å². The van der Waals surface area contributed by atoms with Gasteiger partial charge in [-0.25, -0.2) is 9.67 Å². The monoisotopic (exact) mass is 323 g/mol. The lowest BCUT2D eigenvalue weighted by molar-refractivity contribution is -0.118. The van der Waals surface area contributed by atoms with Gasteiger partial charge in [-0.2, -0.15) is 0 Å². The Labute approximate surface area is 139 Å². The Kier molecular flexibility index (Phi) is 4.81. The first-order valence-corrected chi connectivity index (χ1v) is 7.47. The quantitative estimate of drug-likeness (QED) is 0.751. The van der Waals surface area contributed by atoms with Gasteiger partial charge in [-0.3, -0.25) is 15.1 Å². The molecule has 0 radical (unpaired) electrons. The molecule has 3 rings (SSSR count). The first kappa shape index (κ1) is 15.7. The molecule has 0 aliphatic heterocycles. The Balaban J connectivity index is 1.50. The average molecular weight is 323 g/mol. The Hall–Kier alpha value is -3.22. The molecule has 1 amide bonds. The van der Waals surface area contributed by atoms with E-state index in [9.17, 15) is 4.79 Å². The number of carbonyl (C=O) groups is 1. The van der Waals surface area contributed by atoms with E-state index in [4.69, 9.17) is 4.74 Å². The van der Waals surface area contributed by atoms with Crippen LogP contribution in [-0.4, -0.2) is 32.3 Å². The second kappa shape index (κ2) is 7.36. The van der Waals surface area contributed by atoms with Crippen LogP contribution in [0.5, 0.6) is 5.75 Å². The highest BCUT2D eigenvalue weighted by atomic mass is 16.5. The molecule has 0 atom stereocenters. The van der Waals surface area contributed by atoms with E-state index in [1.165, 1.54) is 0 Å². The van der Waals surface area contributed by atoms with Crippen molar-refractivity contribution in [1.29, 1.82) is 0 Å². The third-order valence-electron chi connectivity index (χ3n) is 3.25. The lowest BCUT2D eigenvalue weighted by Crippen LogP contribution is -2.21. The number of benzene rings is 1. The number of carbonyl (C=O) groups excluding carboxylic acids is 1. The summed E-state index contributed by atoms with van der Waals surface area (Å²) in [5, 5.41) is 6.81. The minimum atomic E-state index is -0.310. The first-order chi connectivity index (χ1) is 11.7. The number of ether oxygens (including phenoxy) is 1. The fraction of sp³-hybridized carbons (Fsp3) is 0.176. The van der Waals surface area contributed by atoms with Crippen molar-refractivity contribution in [3.8, 4) is 5.75 Å². The van der Waals surface area contributed by atoms with Crippen LogP contribution in [-0.2, 0) is 11.3 Å². The predicted molar refractivity (Wildman–Crippen MR) is 88.7 cm³/mol. The molecule has 2 heterocycles. The number of hydrogen-bond donors (Lipinski definition) is 1. The number of pyridine rings is 1. The van der Waals surface area contributed by atoms with Gasteiger partial charge in [0.25, 0.3) is 5.91 Å². The largest absolute Gasteiger partial charge is 0.484 e. The fourth-order valence-electron chi connectivity index (χ4n) is 2.05. The van der Waals surface area contributed by atoms with Crippen LogP contribution in [0.15, 0.2) is 55.1 Å². The smallest absolute Gasteiger partial charge is 0.264 e. The molecular weight excluding hydrogens is 306 g/mol. The van der Waals surface area contributed by atoms with Gasteiger partial charge in [-0.1, -0.05) is 23.8 Å². The predicted octanol–water partition coefficient (Wildman–Crippen LogP) is 2.05. The molecule has 3 aromatic rings. The van der Waals surface area contributed by atoms with Crippen molar-refractivity contribution in [1.82, 2.24) is 19.7 Å². The van der Waals surface area contributed by atoms with E-state index in [0.717, 1.165) is 11.1 Å². The Morgan fingerprint density at radius 3 is 2.83 bits per heavy atom. The van der Waals surface area contributed by atoms with Gasteiger partial charge in [-0.05, 0) is 30.7 Å². The van der Waals surface area contributed by atoms with Crippen LogP contribution >= 0.6 is 0 Å². The number of hydrogen-bond acceptors (Lipinski definition) is 5. The Morgan fingerprint density at radius 2 is 2.08 bits per heavy atom. The van der Waals surface area contributed by atoms with Crippen molar-refractivity contribution in [2.75, 3.05) is 11.9 Å². The van der Waals surface area contributed by atoms with Gasteiger partial charge >= 0.3 is 0 Å². The van der Waals surface area contributed by atoms with Crippen LogP contribution in [0.3, 0.4) is 0 Å². The van der Waals surface area contributed by atoms with Gasteiger partial charge in [0.1, 0.15) is 12.1 Å². The van der Waals surface area contributed by atoms with Crippen molar-refractivity contribution in [2.45, 2.75) is 13.5 Å². The van der Waals surface area contributed by atoms with E-state index in [2.05, 4.69) is 20.4 Å². The average Bonchev–Trinajstić information content (AvgIpc) is 3.02. The summed E-state index contributed by atoms with van der Waals surface area (Å²) in [6.07, 6.45) is 5.03. The molecule has 0 bridgehead atoms. The fourth-order valence-corrected chi connectivity index (χ4v) is 2.05. The molecule has 2 aromatic heterocycles. The Morgan fingerprint density at radius 1 is 1.25 bits per heavy atom. The maximum atomic E-state index is 11.9. The molecule has 1 aromatic carbocycles. The maximum Gasteiger partial charge on any atom is 0.264 e. The first-order valence-electron chi connectivity index (χ1n) is 7.47. The van der Waals surface area contributed by atoms with Gasteiger partial charge in [0.15, 0.2) is 6.61 Å². The lowest BCUT2D eigenvalue weighted by Gasteiger charge is -2.05. The molecule has 7 nitrogen and oxygen atoms in total. The zero-order valence-electron chi connectivity index (χ0n) is 13.2. The van der Waals surface area contributed by atoms with Crippen LogP contribution in [0.25, 0.3) is 0 Å². The summed E-state index contributed by atoms with van der Waals surface area (Å²) in [7, 11) is 0. The van der Waals surface area contributed by atoms with Gasteiger partial charge < -0.3 is 4.74 Å². The highest BCUT2D eigenvalue weighted by Crippen LogP contribution is 2.11. The maximum absolute atomic E-state index is 11.9. The number of nitrogens with zero attached hydrogens (tertiary/aromatic N) is 4. The van der Waals surface area contributed by atoms with Gasteiger partial charge in [0.05, 0.1) is 6.54 Å². The van der Waals surface area contributed by atoms with Crippen molar-refractivity contribution < 1.29 is 9.53 Å². The van der Waals surface area contributed by atoms with Gasteiger partial charge in [0.2, 0.25) is 5.95 Å². The summed E-state index contributed by atoms with van der Waals surface area (Å²) in [6.45, 7) is 2.43. The second-order valence-electron chi connectivity index (χ2n) is 5.28. The van der Waals surface area contributed by atoms with Crippen LogP contribution in [0.1, 0.15) is 11.1 Å². The van der Waals surface area contributed by atoms with Crippen LogP contribution < -0.4 is 10.1 Å². The summed E-state index contributed by atoms with van der Waals surface area (Å²) < 4.78 is 7.05. The molecule has 7 heteroatoms.